The Morgan fingerprint density at radius 1 is 1.24 bits per heavy atom. The molecular weight excluding hydrogens is 276 g/mol. The highest BCUT2D eigenvalue weighted by molar-refractivity contribution is 5.68. The highest BCUT2D eigenvalue weighted by Crippen LogP contribution is 2.31. The van der Waals surface area contributed by atoms with Gasteiger partial charge in [-0.2, -0.15) is 0 Å². The fraction of sp³-hybridized carbons (Fsp3) is 0.154. The second kappa shape index (κ2) is 5.95. The van der Waals surface area contributed by atoms with Crippen molar-refractivity contribution in [3.8, 4) is 11.5 Å². The number of nitrogens with zero attached hydrogens (tertiary/aromatic N) is 2. The molecule has 0 spiro atoms. The zero-order valence-corrected chi connectivity index (χ0v) is 11.5. The number of hydrogen-bond acceptors (Lipinski definition) is 7. The van der Waals surface area contributed by atoms with Crippen LogP contribution in [-0.4, -0.2) is 24.1 Å². The highest BCUT2D eigenvalue weighted by Gasteiger charge is 2.13. The van der Waals surface area contributed by atoms with Gasteiger partial charge in [0.2, 0.25) is 5.82 Å². The predicted molar refractivity (Wildman–Crippen MR) is 78.1 cm³/mol. The van der Waals surface area contributed by atoms with Crippen molar-refractivity contribution in [1.82, 2.24) is 4.98 Å². The Labute approximate surface area is 120 Å². The molecule has 1 heterocycles. The first kappa shape index (κ1) is 14.4. The van der Waals surface area contributed by atoms with Gasteiger partial charge in [0.1, 0.15) is 17.3 Å². The first-order valence-corrected chi connectivity index (χ1v) is 5.95. The number of aromatic nitrogens is 1. The molecule has 8 heteroatoms. The molecule has 0 bridgehead atoms. The van der Waals surface area contributed by atoms with Crippen LogP contribution in [0.3, 0.4) is 0 Å². The molecule has 0 amide bonds. The van der Waals surface area contributed by atoms with Crippen molar-refractivity contribution in [1.29, 1.82) is 0 Å². The number of methoxy groups -OCH3 is 2. The van der Waals surface area contributed by atoms with Crippen molar-refractivity contribution in [2.45, 2.75) is 0 Å². The lowest BCUT2D eigenvalue weighted by Gasteiger charge is -2.12. The van der Waals surface area contributed by atoms with Gasteiger partial charge in [0.25, 0.3) is 0 Å². The van der Waals surface area contributed by atoms with Crippen LogP contribution in [0.25, 0.3) is 0 Å². The molecule has 21 heavy (non-hydrogen) atoms. The molecule has 110 valence electrons. The third-order valence-corrected chi connectivity index (χ3v) is 2.77. The third kappa shape index (κ3) is 3.11. The SMILES string of the molecule is COc1ccc(Nc2ccc([N+](=O)[O-])c(N)n2)c(OC)c1. The summed E-state index contributed by atoms with van der Waals surface area (Å²) in [6, 6.07) is 7.96. The van der Waals surface area contributed by atoms with Gasteiger partial charge in [-0.25, -0.2) is 4.98 Å². The summed E-state index contributed by atoms with van der Waals surface area (Å²) in [4.78, 5) is 14.1. The van der Waals surface area contributed by atoms with Crippen molar-refractivity contribution in [2.24, 2.45) is 0 Å². The van der Waals surface area contributed by atoms with Gasteiger partial charge in [-0.1, -0.05) is 0 Å². The molecule has 0 saturated carbocycles. The van der Waals surface area contributed by atoms with Crippen LogP contribution < -0.4 is 20.5 Å². The number of nitrogen functional groups attached to an aromatic ring is 1. The van der Waals surface area contributed by atoms with Gasteiger partial charge in [-0.3, -0.25) is 10.1 Å². The molecule has 2 aromatic rings. The molecule has 1 aromatic heterocycles. The molecule has 1 aromatic carbocycles. The molecule has 0 aliphatic carbocycles. The molecular formula is C13H14N4O4. The summed E-state index contributed by atoms with van der Waals surface area (Å²) in [5.74, 6) is 1.42. The molecule has 0 fully saturated rings. The molecule has 0 unspecified atom stereocenters. The first-order chi connectivity index (χ1) is 10.0. The van der Waals surface area contributed by atoms with Gasteiger partial charge in [-0.15, -0.1) is 0 Å². The van der Waals surface area contributed by atoms with Crippen molar-refractivity contribution in [2.75, 3.05) is 25.3 Å². The van der Waals surface area contributed by atoms with Crippen molar-refractivity contribution in [3.63, 3.8) is 0 Å². The summed E-state index contributed by atoms with van der Waals surface area (Å²) in [5.41, 5.74) is 5.95. The van der Waals surface area contributed by atoms with Crippen LogP contribution in [0.15, 0.2) is 30.3 Å². The summed E-state index contributed by atoms with van der Waals surface area (Å²) in [6.45, 7) is 0. The minimum absolute atomic E-state index is 0.155. The van der Waals surface area contributed by atoms with Gasteiger partial charge in [0.05, 0.1) is 24.8 Å². The largest absolute Gasteiger partial charge is 0.497 e. The Morgan fingerprint density at radius 3 is 2.57 bits per heavy atom. The zero-order chi connectivity index (χ0) is 15.4. The predicted octanol–water partition coefficient (Wildman–Crippen LogP) is 2.33. The Balaban J connectivity index is 2.30. The summed E-state index contributed by atoms with van der Waals surface area (Å²) in [6.07, 6.45) is 0. The van der Waals surface area contributed by atoms with E-state index in [1.165, 1.54) is 19.2 Å². The summed E-state index contributed by atoms with van der Waals surface area (Å²) in [7, 11) is 3.08. The minimum Gasteiger partial charge on any atom is -0.497 e. The summed E-state index contributed by atoms with van der Waals surface area (Å²) >= 11 is 0. The van der Waals surface area contributed by atoms with E-state index >= 15 is 0 Å². The molecule has 2 rings (SSSR count). The second-order valence-electron chi connectivity index (χ2n) is 4.05. The molecule has 0 aliphatic rings. The van der Waals surface area contributed by atoms with Gasteiger partial charge in [-0.05, 0) is 18.2 Å². The van der Waals surface area contributed by atoms with Crippen molar-refractivity contribution >= 4 is 23.0 Å². The maximum absolute atomic E-state index is 10.7. The van der Waals surface area contributed by atoms with Crippen LogP contribution in [0, 0.1) is 10.1 Å². The summed E-state index contributed by atoms with van der Waals surface area (Å²) < 4.78 is 10.3. The molecule has 0 saturated heterocycles. The number of ether oxygens (including phenoxy) is 2. The van der Waals surface area contributed by atoms with Crippen LogP contribution in [0.5, 0.6) is 11.5 Å². The zero-order valence-electron chi connectivity index (χ0n) is 11.5. The van der Waals surface area contributed by atoms with Crippen LogP contribution in [-0.2, 0) is 0 Å². The van der Waals surface area contributed by atoms with Crippen LogP contribution in [0.1, 0.15) is 0 Å². The molecule has 0 atom stereocenters. The number of anilines is 3. The Kier molecular flexibility index (Phi) is 4.07. The molecule has 0 aliphatic heterocycles. The minimum atomic E-state index is -0.583. The van der Waals surface area contributed by atoms with E-state index in [1.807, 2.05) is 0 Å². The van der Waals surface area contributed by atoms with E-state index in [0.717, 1.165) is 0 Å². The van der Waals surface area contributed by atoms with Gasteiger partial charge in [0.15, 0.2) is 0 Å². The number of nitrogens with two attached hydrogens (primary N) is 1. The standard InChI is InChI=1S/C13H14N4O4/c1-20-8-3-4-9(11(7-8)21-2)15-12-6-5-10(17(18)19)13(14)16-12/h3-7H,1-2H3,(H3,14,15,16). The first-order valence-electron chi connectivity index (χ1n) is 5.95. The molecule has 3 N–H and O–H groups in total. The number of hydrogen-bond donors (Lipinski definition) is 2. The Morgan fingerprint density at radius 2 is 2.00 bits per heavy atom. The van der Waals surface area contributed by atoms with E-state index in [9.17, 15) is 10.1 Å². The normalized spacial score (nSPS) is 10.0. The van der Waals surface area contributed by atoms with Gasteiger partial charge >= 0.3 is 5.69 Å². The Hall–Kier alpha value is -3.03. The van der Waals surface area contributed by atoms with Crippen molar-refractivity contribution < 1.29 is 14.4 Å². The smallest absolute Gasteiger partial charge is 0.311 e. The van der Waals surface area contributed by atoms with Gasteiger partial charge in [0, 0.05) is 12.1 Å². The van der Waals surface area contributed by atoms with E-state index in [0.29, 0.717) is 23.0 Å². The Bertz CT molecular complexity index is 675. The molecule has 8 nitrogen and oxygen atoms in total. The van der Waals surface area contributed by atoms with E-state index in [2.05, 4.69) is 10.3 Å². The van der Waals surface area contributed by atoms with E-state index in [1.54, 1.807) is 25.3 Å². The monoisotopic (exact) mass is 290 g/mol. The fourth-order valence-electron chi connectivity index (χ4n) is 1.73. The number of nitrogens with one attached hydrogen (secondary N) is 1. The topological polar surface area (TPSA) is 113 Å². The quantitative estimate of drug-likeness (QED) is 0.641. The van der Waals surface area contributed by atoms with E-state index in [-0.39, 0.29) is 11.5 Å². The van der Waals surface area contributed by atoms with Crippen LogP contribution in [0.2, 0.25) is 0 Å². The highest BCUT2D eigenvalue weighted by atomic mass is 16.6. The second-order valence-corrected chi connectivity index (χ2v) is 4.05. The van der Waals surface area contributed by atoms with Crippen LogP contribution in [0.4, 0.5) is 23.0 Å². The molecule has 0 radical (unpaired) electrons. The van der Waals surface area contributed by atoms with E-state index in [4.69, 9.17) is 15.2 Å². The van der Waals surface area contributed by atoms with Gasteiger partial charge < -0.3 is 20.5 Å². The van der Waals surface area contributed by atoms with E-state index < -0.39 is 4.92 Å². The lowest BCUT2D eigenvalue weighted by atomic mass is 10.2. The summed E-state index contributed by atoms with van der Waals surface area (Å²) in [5, 5.41) is 13.7. The third-order valence-electron chi connectivity index (χ3n) is 2.77. The van der Waals surface area contributed by atoms with Crippen molar-refractivity contribution in [3.05, 3.63) is 40.4 Å². The number of rotatable bonds is 5. The number of benzene rings is 1. The average molecular weight is 290 g/mol. The fourth-order valence-corrected chi connectivity index (χ4v) is 1.73. The maximum Gasteiger partial charge on any atom is 0.311 e. The number of pyridine rings is 1. The van der Waals surface area contributed by atoms with Crippen LogP contribution >= 0.6 is 0 Å². The lowest BCUT2D eigenvalue weighted by Crippen LogP contribution is -2.02. The maximum atomic E-state index is 10.7. The number of nitro groups is 1. The average Bonchev–Trinajstić information content (AvgIpc) is 2.47. The lowest BCUT2D eigenvalue weighted by molar-refractivity contribution is -0.384.